The average Bonchev–Trinajstić information content (AvgIpc) is 2.36. The second-order valence-corrected chi connectivity index (χ2v) is 3.96. The number of halogens is 4. The van der Waals surface area contributed by atoms with E-state index in [2.05, 4.69) is 10.3 Å². The summed E-state index contributed by atoms with van der Waals surface area (Å²) < 4.78 is 39.2. The van der Waals surface area contributed by atoms with Crippen LogP contribution in [0.3, 0.4) is 0 Å². The van der Waals surface area contributed by atoms with Crippen LogP contribution in [0.15, 0.2) is 30.5 Å². The molecule has 98 valence electrons. The highest BCUT2D eigenvalue weighted by molar-refractivity contribution is 6.29. The standard InChI is InChI=1S/C12H6ClF3N2O/c13-10-2-1-6(5-17-10)12(19)18-9-4-7(14)3-8(15)11(9)16/h1-5H,(H,18,19). The van der Waals surface area contributed by atoms with Gasteiger partial charge in [-0.05, 0) is 12.1 Å². The highest BCUT2D eigenvalue weighted by Crippen LogP contribution is 2.20. The Balaban J connectivity index is 2.26. The maximum Gasteiger partial charge on any atom is 0.257 e. The van der Waals surface area contributed by atoms with Crippen molar-refractivity contribution in [2.45, 2.75) is 0 Å². The number of rotatable bonds is 2. The Kier molecular flexibility index (Phi) is 3.71. The van der Waals surface area contributed by atoms with Gasteiger partial charge in [-0.2, -0.15) is 0 Å². The molecule has 0 radical (unpaired) electrons. The molecule has 0 saturated heterocycles. The lowest BCUT2D eigenvalue weighted by atomic mass is 10.2. The molecule has 7 heteroatoms. The van der Waals surface area contributed by atoms with Crippen molar-refractivity contribution in [2.75, 3.05) is 5.32 Å². The van der Waals surface area contributed by atoms with E-state index in [-0.39, 0.29) is 10.7 Å². The first-order chi connectivity index (χ1) is 8.97. The van der Waals surface area contributed by atoms with E-state index in [1.807, 2.05) is 0 Å². The molecule has 0 saturated carbocycles. The van der Waals surface area contributed by atoms with Crippen molar-refractivity contribution in [3.05, 3.63) is 58.6 Å². The zero-order chi connectivity index (χ0) is 14.0. The Morgan fingerprint density at radius 3 is 2.58 bits per heavy atom. The van der Waals surface area contributed by atoms with Crippen LogP contribution in [0.1, 0.15) is 10.4 Å². The first kappa shape index (κ1) is 13.4. The maximum absolute atomic E-state index is 13.3. The molecule has 1 aromatic carbocycles. The van der Waals surface area contributed by atoms with Gasteiger partial charge in [0.25, 0.3) is 5.91 Å². The highest BCUT2D eigenvalue weighted by Gasteiger charge is 2.14. The molecule has 0 spiro atoms. The topological polar surface area (TPSA) is 42.0 Å². The Morgan fingerprint density at radius 1 is 1.21 bits per heavy atom. The van der Waals surface area contributed by atoms with Crippen molar-refractivity contribution < 1.29 is 18.0 Å². The van der Waals surface area contributed by atoms with Crippen LogP contribution in [0.5, 0.6) is 0 Å². The number of hydrogen-bond donors (Lipinski definition) is 1. The summed E-state index contributed by atoms with van der Waals surface area (Å²) in [6, 6.07) is 3.77. The molecule has 0 unspecified atom stereocenters. The van der Waals surface area contributed by atoms with Crippen LogP contribution in [-0.2, 0) is 0 Å². The molecule has 0 bridgehead atoms. The Hall–Kier alpha value is -2.08. The molecule has 0 atom stereocenters. The summed E-state index contributed by atoms with van der Waals surface area (Å²) in [5.41, 5.74) is -0.508. The zero-order valence-electron chi connectivity index (χ0n) is 9.25. The van der Waals surface area contributed by atoms with Gasteiger partial charge in [0.1, 0.15) is 11.0 Å². The van der Waals surface area contributed by atoms with Gasteiger partial charge in [-0.15, -0.1) is 0 Å². The molecule has 3 nitrogen and oxygen atoms in total. The Labute approximate surface area is 111 Å². The SMILES string of the molecule is O=C(Nc1cc(F)cc(F)c1F)c1ccc(Cl)nc1. The predicted molar refractivity (Wildman–Crippen MR) is 63.5 cm³/mol. The normalized spacial score (nSPS) is 10.3. The number of pyridine rings is 1. The fourth-order valence-electron chi connectivity index (χ4n) is 1.35. The van der Waals surface area contributed by atoms with Crippen molar-refractivity contribution in [1.82, 2.24) is 4.98 Å². The molecule has 1 amide bonds. The lowest BCUT2D eigenvalue weighted by molar-refractivity contribution is 0.102. The summed E-state index contributed by atoms with van der Waals surface area (Å²) in [5, 5.41) is 2.23. The van der Waals surface area contributed by atoms with E-state index < -0.39 is 29.0 Å². The third-order valence-electron chi connectivity index (χ3n) is 2.23. The van der Waals surface area contributed by atoms with Crippen LogP contribution in [0, 0.1) is 17.5 Å². The van der Waals surface area contributed by atoms with Gasteiger partial charge in [0, 0.05) is 18.3 Å². The molecular formula is C12H6ClF3N2O. The van der Waals surface area contributed by atoms with Gasteiger partial charge in [0.05, 0.1) is 11.3 Å². The first-order valence-electron chi connectivity index (χ1n) is 5.05. The number of amides is 1. The highest BCUT2D eigenvalue weighted by atomic mass is 35.5. The zero-order valence-corrected chi connectivity index (χ0v) is 10.0. The van der Waals surface area contributed by atoms with Crippen molar-refractivity contribution in [2.24, 2.45) is 0 Å². The summed E-state index contributed by atoms with van der Waals surface area (Å²) in [6.07, 6.45) is 1.16. The molecular weight excluding hydrogens is 281 g/mol. The lowest BCUT2D eigenvalue weighted by Gasteiger charge is -2.07. The number of nitrogens with zero attached hydrogens (tertiary/aromatic N) is 1. The number of hydrogen-bond acceptors (Lipinski definition) is 2. The van der Waals surface area contributed by atoms with Gasteiger partial charge in [0.2, 0.25) is 0 Å². The van der Waals surface area contributed by atoms with Gasteiger partial charge < -0.3 is 5.32 Å². The van der Waals surface area contributed by atoms with E-state index in [9.17, 15) is 18.0 Å². The molecule has 1 aromatic heterocycles. The second-order valence-electron chi connectivity index (χ2n) is 3.57. The molecule has 1 heterocycles. The van der Waals surface area contributed by atoms with Crippen LogP contribution in [-0.4, -0.2) is 10.9 Å². The fourth-order valence-corrected chi connectivity index (χ4v) is 1.46. The largest absolute Gasteiger partial charge is 0.319 e. The summed E-state index contributed by atoms with van der Waals surface area (Å²) in [7, 11) is 0. The van der Waals surface area contributed by atoms with E-state index in [4.69, 9.17) is 11.6 Å². The minimum atomic E-state index is -1.38. The van der Waals surface area contributed by atoms with Crippen molar-refractivity contribution in [3.63, 3.8) is 0 Å². The van der Waals surface area contributed by atoms with E-state index in [1.165, 1.54) is 12.1 Å². The first-order valence-corrected chi connectivity index (χ1v) is 5.42. The van der Waals surface area contributed by atoms with Crippen LogP contribution in [0.2, 0.25) is 5.15 Å². The molecule has 2 rings (SSSR count). The van der Waals surface area contributed by atoms with E-state index >= 15 is 0 Å². The fraction of sp³-hybridized carbons (Fsp3) is 0. The van der Waals surface area contributed by atoms with Crippen LogP contribution in [0.4, 0.5) is 18.9 Å². The molecule has 0 fully saturated rings. The number of aromatic nitrogens is 1. The maximum atomic E-state index is 13.3. The number of carbonyl (C=O) groups is 1. The van der Waals surface area contributed by atoms with Gasteiger partial charge in [-0.3, -0.25) is 4.79 Å². The molecule has 2 aromatic rings. The van der Waals surface area contributed by atoms with E-state index in [1.54, 1.807) is 0 Å². The van der Waals surface area contributed by atoms with Crippen LogP contribution in [0.25, 0.3) is 0 Å². The minimum Gasteiger partial charge on any atom is -0.319 e. The third-order valence-corrected chi connectivity index (χ3v) is 2.45. The molecule has 19 heavy (non-hydrogen) atoms. The summed E-state index contributed by atoms with van der Waals surface area (Å²) in [5.74, 6) is -4.47. The Morgan fingerprint density at radius 2 is 1.95 bits per heavy atom. The van der Waals surface area contributed by atoms with Gasteiger partial charge in [-0.25, -0.2) is 18.2 Å². The van der Waals surface area contributed by atoms with Crippen molar-refractivity contribution in [3.8, 4) is 0 Å². The smallest absolute Gasteiger partial charge is 0.257 e. The second kappa shape index (κ2) is 5.27. The van der Waals surface area contributed by atoms with Crippen LogP contribution < -0.4 is 5.32 Å². The molecule has 0 aliphatic rings. The molecule has 0 aliphatic heterocycles. The van der Waals surface area contributed by atoms with Gasteiger partial charge >= 0.3 is 0 Å². The quantitative estimate of drug-likeness (QED) is 0.679. The number of anilines is 1. The molecule has 1 N–H and O–H groups in total. The van der Waals surface area contributed by atoms with E-state index in [0.717, 1.165) is 6.20 Å². The van der Waals surface area contributed by atoms with Gasteiger partial charge in [-0.1, -0.05) is 11.6 Å². The van der Waals surface area contributed by atoms with Crippen molar-refractivity contribution in [1.29, 1.82) is 0 Å². The summed E-state index contributed by atoms with van der Waals surface area (Å²) in [4.78, 5) is 15.4. The van der Waals surface area contributed by atoms with Gasteiger partial charge in [0.15, 0.2) is 11.6 Å². The van der Waals surface area contributed by atoms with E-state index in [0.29, 0.717) is 12.1 Å². The lowest BCUT2D eigenvalue weighted by Crippen LogP contribution is -2.14. The van der Waals surface area contributed by atoms with Crippen LogP contribution >= 0.6 is 11.6 Å². The number of nitrogens with one attached hydrogen (secondary N) is 1. The summed E-state index contributed by atoms with van der Waals surface area (Å²) in [6.45, 7) is 0. The minimum absolute atomic E-state index is 0.0773. The third kappa shape index (κ3) is 3.03. The average molecular weight is 287 g/mol. The monoisotopic (exact) mass is 286 g/mol. The van der Waals surface area contributed by atoms with Crippen molar-refractivity contribution >= 4 is 23.2 Å². The Bertz CT molecular complexity index is 632. The number of carbonyl (C=O) groups excluding carboxylic acids is 1. The molecule has 0 aliphatic carbocycles. The predicted octanol–water partition coefficient (Wildman–Crippen LogP) is 3.40. The number of benzene rings is 1. The summed E-state index contributed by atoms with van der Waals surface area (Å²) >= 11 is 5.54.